The molecule has 25 heavy (non-hydrogen) atoms. The van der Waals surface area contributed by atoms with Crippen LogP contribution >= 0.6 is 11.3 Å². The van der Waals surface area contributed by atoms with E-state index in [9.17, 15) is 4.79 Å². The van der Waals surface area contributed by atoms with E-state index in [1.807, 2.05) is 13.8 Å². The lowest BCUT2D eigenvalue weighted by molar-refractivity contribution is 0.0362. The lowest BCUT2D eigenvalue weighted by atomic mass is 10.1. The highest BCUT2D eigenvalue weighted by molar-refractivity contribution is 7.25. The molecule has 0 aromatic carbocycles. The lowest BCUT2D eigenvalue weighted by Crippen LogP contribution is -2.39. The van der Waals surface area contributed by atoms with Gasteiger partial charge >= 0.3 is 0 Å². The van der Waals surface area contributed by atoms with E-state index in [2.05, 4.69) is 22.9 Å². The minimum Gasteiger partial charge on any atom is -0.379 e. The van der Waals surface area contributed by atoms with Crippen molar-refractivity contribution >= 4 is 31.8 Å². The number of nitrogens with zero attached hydrogens (tertiary/aromatic N) is 4. The molecule has 3 aromatic rings. The van der Waals surface area contributed by atoms with Crippen molar-refractivity contribution in [1.29, 1.82) is 0 Å². The molecule has 4 heterocycles. The molecule has 0 saturated carbocycles. The molecule has 1 aliphatic rings. The SMILES string of the molecule is Cc1cc(C)c2c(n1)sc1c(=O)n(CCN3CCOCC3)c(C)nc12. The van der Waals surface area contributed by atoms with Crippen molar-refractivity contribution in [3.8, 4) is 0 Å². The summed E-state index contributed by atoms with van der Waals surface area (Å²) in [6.45, 7) is 10.9. The number of fused-ring (bicyclic) bond motifs is 3. The standard InChI is InChI=1S/C18H22N4O2S/c1-11-10-12(2)19-17-14(11)15-16(25-17)18(23)22(13(3)20-15)5-4-21-6-8-24-9-7-21/h10H,4-9H2,1-3H3. The average molecular weight is 358 g/mol. The second-order valence-corrected chi connectivity index (χ2v) is 7.61. The van der Waals surface area contributed by atoms with Crippen molar-refractivity contribution in [2.75, 3.05) is 32.8 Å². The molecule has 3 aromatic heterocycles. The molecule has 1 aliphatic heterocycles. The van der Waals surface area contributed by atoms with Crippen molar-refractivity contribution in [2.45, 2.75) is 27.3 Å². The Kier molecular flexibility index (Phi) is 4.31. The Labute approximate surface area is 150 Å². The van der Waals surface area contributed by atoms with Crippen molar-refractivity contribution < 1.29 is 4.74 Å². The molecule has 0 bridgehead atoms. The number of thiophene rings is 1. The number of morpholine rings is 1. The van der Waals surface area contributed by atoms with Crippen molar-refractivity contribution in [1.82, 2.24) is 19.4 Å². The minimum absolute atomic E-state index is 0.0517. The molecule has 4 rings (SSSR count). The highest BCUT2D eigenvalue weighted by Gasteiger charge is 2.17. The molecule has 0 spiro atoms. The van der Waals surface area contributed by atoms with E-state index in [0.717, 1.165) is 65.7 Å². The van der Waals surface area contributed by atoms with Gasteiger partial charge in [-0.1, -0.05) is 0 Å². The van der Waals surface area contributed by atoms with Crippen LogP contribution in [0.2, 0.25) is 0 Å². The van der Waals surface area contributed by atoms with Crippen LogP contribution in [-0.4, -0.2) is 52.3 Å². The normalized spacial score (nSPS) is 16.1. The Bertz CT molecular complexity index is 1000. The molecule has 7 heteroatoms. The smallest absolute Gasteiger partial charge is 0.271 e. The molecule has 0 radical (unpaired) electrons. The minimum atomic E-state index is 0.0517. The summed E-state index contributed by atoms with van der Waals surface area (Å²) in [5.41, 5.74) is 2.96. The molecular weight excluding hydrogens is 336 g/mol. The first kappa shape index (κ1) is 16.6. The fourth-order valence-electron chi connectivity index (χ4n) is 3.50. The molecule has 0 unspecified atom stereocenters. The fourth-order valence-corrected chi connectivity index (χ4v) is 4.68. The van der Waals surface area contributed by atoms with Gasteiger partial charge in [0, 0.05) is 37.3 Å². The van der Waals surface area contributed by atoms with Crippen LogP contribution in [0.1, 0.15) is 17.1 Å². The number of aryl methyl sites for hydroxylation is 3. The van der Waals surface area contributed by atoms with Gasteiger partial charge in [0.2, 0.25) is 0 Å². The molecule has 0 N–H and O–H groups in total. The third-order valence-electron chi connectivity index (χ3n) is 4.81. The van der Waals surface area contributed by atoms with Crippen molar-refractivity contribution in [3.05, 3.63) is 33.5 Å². The van der Waals surface area contributed by atoms with Crippen LogP contribution in [0.3, 0.4) is 0 Å². The maximum absolute atomic E-state index is 13.1. The quantitative estimate of drug-likeness (QED) is 0.719. The Morgan fingerprint density at radius 3 is 2.68 bits per heavy atom. The van der Waals surface area contributed by atoms with E-state index in [-0.39, 0.29) is 5.56 Å². The van der Waals surface area contributed by atoms with E-state index in [0.29, 0.717) is 11.2 Å². The van der Waals surface area contributed by atoms with Crippen LogP contribution in [0.25, 0.3) is 20.4 Å². The summed E-state index contributed by atoms with van der Waals surface area (Å²) < 4.78 is 7.90. The number of aromatic nitrogens is 3. The van der Waals surface area contributed by atoms with Gasteiger partial charge in [-0.2, -0.15) is 0 Å². The predicted molar refractivity (Wildman–Crippen MR) is 101 cm³/mol. The number of rotatable bonds is 3. The molecule has 132 valence electrons. The van der Waals surface area contributed by atoms with E-state index in [1.54, 1.807) is 4.57 Å². The number of hydrogen-bond acceptors (Lipinski definition) is 6. The molecular formula is C18H22N4O2S. The van der Waals surface area contributed by atoms with E-state index >= 15 is 0 Å². The fraction of sp³-hybridized carbons (Fsp3) is 0.500. The zero-order chi connectivity index (χ0) is 17.6. The third kappa shape index (κ3) is 2.96. The molecule has 1 saturated heterocycles. The summed E-state index contributed by atoms with van der Waals surface area (Å²) in [4.78, 5) is 25.7. The van der Waals surface area contributed by atoms with Gasteiger partial charge in [-0.15, -0.1) is 11.3 Å². The van der Waals surface area contributed by atoms with Gasteiger partial charge in [0.1, 0.15) is 15.4 Å². The largest absolute Gasteiger partial charge is 0.379 e. The first-order valence-corrected chi connectivity index (χ1v) is 9.44. The number of hydrogen-bond donors (Lipinski definition) is 0. The molecule has 1 fully saturated rings. The molecule has 0 amide bonds. The maximum Gasteiger partial charge on any atom is 0.271 e. The van der Waals surface area contributed by atoms with Crippen LogP contribution in [-0.2, 0) is 11.3 Å². The van der Waals surface area contributed by atoms with Gasteiger partial charge in [-0.05, 0) is 32.4 Å². The molecule has 0 aliphatic carbocycles. The summed E-state index contributed by atoms with van der Waals surface area (Å²) in [5, 5.41) is 1.02. The van der Waals surface area contributed by atoms with Crippen molar-refractivity contribution in [2.24, 2.45) is 0 Å². The van der Waals surface area contributed by atoms with E-state index in [4.69, 9.17) is 9.72 Å². The van der Waals surface area contributed by atoms with Crippen LogP contribution in [0.4, 0.5) is 0 Å². The highest BCUT2D eigenvalue weighted by Crippen LogP contribution is 2.32. The van der Waals surface area contributed by atoms with Crippen LogP contribution < -0.4 is 5.56 Å². The Hall–Kier alpha value is -1.83. The van der Waals surface area contributed by atoms with Gasteiger partial charge in [-0.25, -0.2) is 9.97 Å². The zero-order valence-electron chi connectivity index (χ0n) is 14.8. The summed E-state index contributed by atoms with van der Waals surface area (Å²) in [5.74, 6) is 0.769. The highest BCUT2D eigenvalue weighted by atomic mass is 32.1. The molecule has 6 nitrogen and oxygen atoms in total. The maximum atomic E-state index is 13.1. The van der Waals surface area contributed by atoms with Gasteiger partial charge in [0.05, 0.1) is 18.7 Å². The average Bonchev–Trinajstić information content (AvgIpc) is 2.94. The topological polar surface area (TPSA) is 60.2 Å². The Balaban J connectivity index is 1.77. The van der Waals surface area contributed by atoms with Crippen molar-refractivity contribution in [3.63, 3.8) is 0 Å². The van der Waals surface area contributed by atoms with Gasteiger partial charge < -0.3 is 4.74 Å². The van der Waals surface area contributed by atoms with Gasteiger partial charge in [-0.3, -0.25) is 14.3 Å². The number of pyridine rings is 1. The van der Waals surface area contributed by atoms with Crippen LogP contribution in [0.5, 0.6) is 0 Å². The molecule has 0 atom stereocenters. The second-order valence-electron chi connectivity index (χ2n) is 6.61. The summed E-state index contributed by atoms with van der Waals surface area (Å²) >= 11 is 1.46. The first-order chi connectivity index (χ1) is 12.0. The summed E-state index contributed by atoms with van der Waals surface area (Å²) in [6, 6.07) is 2.05. The third-order valence-corrected chi connectivity index (χ3v) is 5.87. The Morgan fingerprint density at radius 2 is 1.92 bits per heavy atom. The number of ether oxygens (including phenoxy) is 1. The van der Waals surface area contributed by atoms with Gasteiger partial charge in [0.25, 0.3) is 5.56 Å². The van der Waals surface area contributed by atoms with Crippen LogP contribution in [0.15, 0.2) is 10.9 Å². The zero-order valence-corrected chi connectivity index (χ0v) is 15.7. The van der Waals surface area contributed by atoms with E-state index < -0.39 is 0 Å². The lowest BCUT2D eigenvalue weighted by Gasteiger charge is -2.26. The summed E-state index contributed by atoms with van der Waals surface area (Å²) in [7, 11) is 0. The van der Waals surface area contributed by atoms with Crippen LogP contribution in [0, 0.1) is 20.8 Å². The first-order valence-electron chi connectivity index (χ1n) is 8.62. The van der Waals surface area contributed by atoms with E-state index in [1.165, 1.54) is 11.3 Å². The van der Waals surface area contributed by atoms with Gasteiger partial charge in [0.15, 0.2) is 0 Å². The monoisotopic (exact) mass is 358 g/mol. The second kappa shape index (κ2) is 6.48. The predicted octanol–water partition coefficient (Wildman–Crippen LogP) is 2.26. The Morgan fingerprint density at radius 1 is 1.16 bits per heavy atom. The summed E-state index contributed by atoms with van der Waals surface area (Å²) in [6.07, 6.45) is 0.